The minimum Gasteiger partial charge on any atom is -0.481 e. The van der Waals surface area contributed by atoms with Crippen LogP contribution in [0.4, 0.5) is 0 Å². The van der Waals surface area contributed by atoms with E-state index in [0.29, 0.717) is 0 Å². The summed E-state index contributed by atoms with van der Waals surface area (Å²) in [5.41, 5.74) is 0.0213. The molecule has 0 amide bonds. The van der Waals surface area contributed by atoms with Crippen molar-refractivity contribution < 1.29 is 18.3 Å². The second kappa shape index (κ2) is 5.62. The number of nitrogens with one attached hydrogen (secondary N) is 1. The maximum Gasteiger partial charge on any atom is 0.307 e. The van der Waals surface area contributed by atoms with Crippen molar-refractivity contribution in [3.05, 3.63) is 29.8 Å². The number of rotatable bonds is 5. The summed E-state index contributed by atoms with van der Waals surface area (Å²) in [6.07, 6.45) is 0. The molecule has 6 nitrogen and oxygen atoms in total. The monoisotopic (exact) mass is 268 g/mol. The van der Waals surface area contributed by atoms with Crippen LogP contribution in [0.1, 0.15) is 12.5 Å². The van der Waals surface area contributed by atoms with E-state index in [-0.39, 0.29) is 17.0 Å². The van der Waals surface area contributed by atoms with E-state index in [1.165, 1.54) is 25.1 Å². The van der Waals surface area contributed by atoms with Gasteiger partial charge in [0.05, 0.1) is 16.4 Å². The van der Waals surface area contributed by atoms with E-state index in [2.05, 4.69) is 4.72 Å². The molecule has 0 fully saturated rings. The highest BCUT2D eigenvalue weighted by Crippen LogP contribution is 2.14. The number of nitriles is 1. The van der Waals surface area contributed by atoms with Crippen LogP contribution in [0, 0.1) is 17.2 Å². The van der Waals surface area contributed by atoms with E-state index in [9.17, 15) is 13.2 Å². The van der Waals surface area contributed by atoms with Crippen molar-refractivity contribution in [1.82, 2.24) is 4.72 Å². The molecule has 1 aromatic rings. The van der Waals surface area contributed by atoms with Crippen LogP contribution in [0.3, 0.4) is 0 Å². The summed E-state index contributed by atoms with van der Waals surface area (Å²) in [5.74, 6) is -1.93. The fraction of sp³-hybridized carbons (Fsp3) is 0.273. The molecule has 2 N–H and O–H groups in total. The van der Waals surface area contributed by atoms with Crippen molar-refractivity contribution >= 4 is 16.0 Å². The predicted molar refractivity (Wildman–Crippen MR) is 63.1 cm³/mol. The lowest BCUT2D eigenvalue weighted by atomic mass is 10.2. The van der Waals surface area contributed by atoms with Crippen molar-refractivity contribution in [2.24, 2.45) is 5.92 Å². The van der Waals surface area contributed by atoms with E-state index in [1.807, 2.05) is 0 Å². The first-order chi connectivity index (χ1) is 8.38. The first kappa shape index (κ1) is 14.2. The van der Waals surface area contributed by atoms with Gasteiger partial charge in [0, 0.05) is 6.54 Å². The molecule has 0 heterocycles. The molecule has 0 bridgehead atoms. The highest BCUT2D eigenvalue weighted by Gasteiger charge is 2.20. The van der Waals surface area contributed by atoms with Gasteiger partial charge in [-0.2, -0.15) is 5.26 Å². The Morgan fingerprint density at radius 3 is 2.67 bits per heavy atom. The lowest BCUT2D eigenvalue weighted by molar-refractivity contribution is -0.140. The molecule has 0 saturated heterocycles. The highest BCUT2D eigenvalue weighted by atomic mass is 32.2. The normalized spacial score (nSPS) is 12.7. The van der Waals surface area contributed by atoms with Gasteiger partial charge in [0.2, 0.25) is 10.0 Å². The van der Waals surface area contributed by atoms with Gasteiger partial charge in [0.15, 0.2) is 0 Å². The molecule has 0 spiro atoms. The third-order valence-electron chi connectivity index (χ3n) is 2.30. The van der Waals surface area contributed by atoms with Crippen molar-refractivity contribution in [3.63, 3.8) is 0 Å². The molecule has 1 atom stereocenters. The molecule has 0 saturated carbocycles. The number of hydrogen-bond acceptors (Lipinski definition) is 4. The zero-order chi connectivity index (χ0) is 13.8. The first-order valence-corrected chi connectivity index (χ1v) is 6.58. The van der Waals surface area contributed by atoms with E-state index in [4.69, 9.17) is 10.4 Å². The van der Waals surface area contributed by atoms with Crippen molar-refractivity contribution in [1.29, 1.82) is 5.26 Å². The smallest absolute Gasteiger partial charge is 0.307 e. The summed E-state index contributed by atoms with van der Waals surface area (Å²) >= 11 is 0. The molecule has 0 aliphatic rings. The van der Waals surface area contributed by atoms with Crippen LogP contribution >= 0.6 is 0 Å². The van der Waals surface area contributed by atoms with E-state index in [1.54, 1.807) is 12.1 Å². The number of carbonyl (C=O) groups is 1. The molecule has 0 aromatic heterocycles. The zero-order valence-electron chi connectivity index (χ0n) is 9.62. The molecule has 0 radical (unpaired) electrons. The summed E-state index contributed by atoms with van der Waals surface area (Å²) < 4.78 is 25.9. The molecule has 18 heavy (non-hydrogen) atoms. The predicted octanol–water partition coefficient (Wildman–Crippen LogP) is 0.557. The fourth-order valence-corrected chi connectivity index (χ4v) is 2.48. The average Bonchev–Trinajstić information content (AvgIpc) is 2.35. The van der Waals surface area contributed by atoms with Gasteiger partial charge in [-0.1, -0.05) is 19.1 Å². The average molecular weight is 268 g/mol. The molecular weight excluding hydrogens is 256 g/mol. The Hall–Kier alpha value is -1.91. The number of carboxylic acids is 1. The van der Waals surface area contributed by atoms with Crippen molar-refractivity contribution in [3.8, 4) is 6.07 Å². The molecule has 1 unspecified atom stereocenters. The van der Waals surface area contributed by atoms with Crippen LogP contribution in [0.15, 0.2) is 29.2 Å². The van der Waals surface area contributed by atoms with Crippen molar-refractivity contribution in [2.75, 3.05) is 6.54 Å². The van der Waals surface area contributed by atoms with Gasteiger partial charge >= 0.3 is 5.97 Å². The third-order valence-corrected chi connectivity index (χ3v) is 3.78. The van der Waals surface area contributed by atoms with Crippen LogP contribution in [-0.4, -0.2) is 26.0 Å². The number of aliphatic carboxylic acids is 1. The number of sulfonamides is 1. The van der Waals surface area contributed by atoms with Gasteiger partial charge in [-0.3, -0.25) is 4.79 Å². The minimum absolute atomic E-state index is 0.0213. The second-order valence-corrected chi connectivity index (χ2v) is 5.43. The topological polar surface area (TPSA) is 107 Å². The van der Waals surface area contributed by atoms with E-state index < -0.39 is 21.9 Å². The standard InChI is InChI=1S/C11H12N2O4S/c1-8(11(14)15)7-13-18(16,17)10-5-3-2-4-9(10)6-12/h2-5,8,13H,7H2,1H3,(H,14,15). The van der Waals surface area contributed by atoms with Crippen LogP contribution < -0.4 is 4.72 Å². The molecule has 1 aromatic carbocycles. The summed E-state index contributed by atoms with van der Waals surface area (Å²) in [5, 5.41) is 17.5. The first-order valence-electron chi connectivity index (χ1n) is 5.10. The highest BCUT2D eigenvalue weighted by molar-refractivity contribution is 7.89. The Morgan fingerprint density at radius 1 is 1.50 bits per heavy atom. The van der Waals surface area contributed by atoms with Gasteiger partial charge in [0.25, 0.3) is 0 Å². The molecule has 0 aliphatic heterocycles. The van der Waals surface area contributed by atoms with Crippen molar-refractivity contribution in [2.45, 2.75) is 11.8 Å². The van der Waals surface area contributed by atoms with E-state index >= 15 is 0 Å². The van der Waals surface area contributed by atoms with E-state index in [0.717, 1.165) is 0 Å². The molecular formula is C11H12N2O4S. The number of benzene rings is 1. The van der Waals surface area contributed by atoms with Gasteiger partial charge in [-0.05, 0) is 12.1 Å². The SMILES string of the molecule is CC(CNS(=O)(=O)c1ccccc1C#N)C(=O)O. The van der Waals surface area contributed by atoms with Gasteiger partial charge < -0.3 is 5.11 Å². The molecule has 1 rings (SSSR count). The second-order valence-electron chi connectivity index (χ2n) is 3.70. The largest absolute Gasteiger partial charge is 0.481 e. The number of carboxylic acid groups (broad SMARTS) is 1. The maximum absolute atomic E-state index is 11.9. The van der Waals surface area contributed by atoms with Crippen LogP contribution in [0.25, 0.3) is 0 Å². The number of hydrogen-bond donors (Lipinski definition) is 2. The Morgan fingerprint density at radius 2 is 2.11 bits per heavy atom. The lowest BCUT2D eigenvalue weighted by Gasteiger charge is -2.10. The Bertz CT molecular complexity index is 589. The molecule has 7 heteroatoms. The Labute approximate surface area is 105 Å². The fourth-order valence-electron chi connectivity index (χ4n) is 1.19. The Kier molecular flexibility index (Phi) is 4.42. The van der Waals surface area contributed by atoms with Crippen LogP contribution in [-0.2, 0) is 14.8 Å². The maximum atomic E-state index is 11.9. The summed E-state index contributed by atoms with van der Waals surface area (Å²) in [6, 6.07) is 7.51. The van der Waals surface area contributed by atoms with Gasteiger partial charge in [-0.25, -0.2) is 13.1 Å². The quantitative estimate of drug-likeness (QED) is 0.811. The lowest BCUT2D eigenvalue weighted by Crippen LogP contribution is -2.31. The molecule has 96 valence electrons. The number of nitrogens with zero attached hydrogens (tertiary/aromatic N) is 1. The third kappa shape index (κ3) is 3.29. The zero-order valence-corrected chi connectivity index (χ0v) is 10.4. The van der Waals surface area contributed by atoms with Crippen LogP contribution in [0.2, 0.25) is 0 Å². The summed E-state index contributed by atoms with van der Waals surface area (Å²) in [6.45, 7) is 1.17. The van der Waals surface area contributed by atoms with Crippen LogP contribution in [0.5, 0.6) is 0 Å². The summed E-state index contributed by atoms with van der Waals surface area (Å²) in [4.78, 5) is 10.4. The van der Waals surface area contributed by atoms with Gasteiger partial charge in [0.1, 0.15) is 6.07 Å². The van der Waals surface area contributed by atoms with Gasteiger partial charge in [-0.15, -0.1) is 0 Å². The summed E-state index contributed by atoms with van der Waals surface area (Å²) in [7, 11) is -3.87. The minimum atomic E-state index is -3.87. The molecule has 0 aliphatic carbocycles. The Balaban J connectivity index is 2.94.